The Hall–Kier alpha value is -3.41. The maximum absolute atomic E-state index is 12.6. The lowest BCUT2D eigenvalue weighted by Gasteiger charge is -2.14. The van der Waals surface area contributed by atoms with Gasteiger partial charge in [0, 0.05) is 17.1 Å². The van der Waals surface area contributed by atoms with Crippen LogP contribution in [0.4, 0.5) is 5.69 Å². The molecule has 6 nitrogen and oxygen atoms in total. The molecule has 0 spiro atoms. The van der Waals surface area contributed by atoms with Gasteiger partial charge in [0.2, 0.25) is 5.91 Å². The van der Waals surface area contributed by atoms with Crippen LogP contribution in [-0.2, 0) is 16.1 Å². The Morgan fingerprint density at radius 1 is 1.04 bits per heavy atom. The van der Waals surface area contributed by atoms with Crippen LogP contribution in [0.1, 0.15) is 28.4 Å². The van der Waals surface area contributed by atoms with Crippen LogP contribution in [0.3, 0.4) is 0 Å². The summed E-state index contributed by atoms with van der Waals surface area (Å²) in [5, 5.41) is 3.69. The number of aromatic nitrogens is 1. The molecule has 3 rings (SSSR count). The van der Waals surface area contributed by atoms with Crippen molar-refractivity contribution < 1.29 is 14.3 Å². The highest BCUT2D eigenvalue weighted by Gasteiger charge is 2.13. The lowest BCUT2D eigenvalue weighted by molar-refractivity contribution is -0.116. The fourth-order valence-electron chi connectivity index (χ4n) is 3.23. The molecule has 0 atom stereocenters. The Morgan fingerprint density at radius 2 is 1.79 bits per heavy atom. The zero-order chi connectivity index (χ0) is 20.3. The number of anilines is 1. The molecule has 0 aliphatic heterocycles. The maximum atomic E-state index is 12.6. The lowest BCUT2D eigenvalue weighted by atomic mass is 10.1. The van der Waals surface area contributed by atoms with E-state index in [0.29, 0.717) is 11.3 Å². The number of fused-ring (bicyclic) bond motifs is 1. The molecule has 6 heteroatoms. The van der Waals surface area contributed by atoms with Gasteiger partial charge in [-0.25, -0.2) is 4.79 Å². The van der Waals surface area contributed by atoms with Gasteiger partial charge < -0.3 is 10.1 Å². The summed E-state index contributed by atoms with van der Waals surface area (Å²) in [5.41, 5.74) is 3.15. The molecule has 1 heterocycles. The van der Waals surface area contributed by atoms with Gasteiger partial charge in [0.25, 0.3) is 5.56 Å². The summed E-state index contributed by atoms with van der Waals surface area (Å²) in [4.78, 5) is 37.0. The van der Waals surface area contributed by atoms with Crippen LogP contribution in [0.2, 0.25) is 0 Å². The Labute approximate surface area is 162 Å². The van der Waals surface area contributed by atoms with Crippen molar-refractivity contribution in [2.24, 2.45) is 0 Å². The van der Waals surface area contributed by atoms with Crippen LogP contribution in [0.5, 0.6) is 0 Å². The third-order valence-corrected chi connectivity index (χ3v) is 4.50. The summed E-state index contributed by atoms with van der Waals surface area (Å²) in [5.74, 6) is -0.800. The topological polar surface area (TPSA) is 77.4 Å². The van der Waals surface area contributed by atoms with Gasteiger partial charge >= 0.3 is 5.97 Å². The second kappa shape index (κ2) is 8.08. The van der Waals surface area contributed by atoms with E-state index in [1.807, 2.05) is 32.0 Å². The molecule has 1 aromatic heterocycles. The summed E-state index contributed by atoms with van der Waals surface area (Å²) >= 11 is 0. The van der Waals surface area contributed by atoms with Crippen molar-refractivity contribution in [3.8, 4) is 0 Å². The van der Waals surface area contributed by atoms with Crippen molar-refractivity contribution >= 4 is 28.5 Å². The minimum Gasteiger partial charge on any atom is -0.462 e. The van der Waals surface area contributed by atoms with E-state index < -0.39 is 5.97 Å². The average Bonchev–Trinajstić information content (AvgIpc) is 2.65. The van der Waals surface area contributed by atoms with E-state index in [1.165, 1.54) is 10.6 Å². The second-order valence-corrected chi connectivity index (χ2v) is 6.57. The second-order valence-electron chi connectivity index (χ2n) is 6.57. The average molecular weight is 378 g/mol. The van der Waals surface area contributed by atoms with Crippen molar-refractivity contribution in [1.29, 1.82) is 0 Å². The molecule has 0 aliphatic rings. The van der Waals surface area contributed by atoms with Gasteiger partial charge in [-0.2, -0.15) is 0 Å². The summed E-state index contributed by atoms with van der Waals surface area (Å²) < 4.78 is 6.45. The predicted molar refractivity (Wildman–Crippen MR) is 109 cm³/mol. The first-order chi connectivity index (χ1) is 13.4. The van der Waals surface area contributed by atoms with E-state index >= 15 is 0 Å². The first-order valence-corrected chi connectivity index (χ1v) is 9.07. The van der Waals surface area contributed by atoms with Gasteiger partial charge in [-0.3, -0.25) is 14.2 Å². The molecule has 1 N–H and O–H groups in total. The number of ether oxygens (including phenoxy) is 1. The first kappa shape index (κ1) is 19.4. The fourth-order valence-corrected chi connectivity index (χ4v) is 3.23. The molecule has 3 aromatic rings. The van der Waals surface area contributed by atoms with Gasteiger partial charge in [0.15, 0.2) is 0 Å². The van der Waals surface area contributed by atoms with Gasteiger partial charge in [0.05, 0.1) is 17.7 Å². The summed E-state index contributed by atoms with van der Waals surface area (Å²) in [6.07, 6.45) is 0. The number of hydrogen-bond acceptors (Lipinski definition) is 4. The van der Waals surface area contributed by atoms with Crippen LogP contribution in [-0.4, -0.2) is 23.1 Å². The van der Waals surface area contributed by atoms with E-state index in [0.717, 1.165) is 22.0 Å². The Bertz CT molecular complexity index is 1120. The summed E-state index contributed by atoms with van der Waals surface area (Å²) in [6, 6.07) is 13.8. The quantitative estimate of drug-likeness (QED) is 0.690. The van der Waals surface area contributed by atoms with Crippen LogP contribution in [0.15, 0.2) is 53.3 Å². The minimum absolute atomic E-state index is 0.121. The lowest BCUT2D eigenvalue weighted by Crippen LogP contribution is -2.28. The molecule has 0 unspecified atom stereocenters. The fraction of sp³-hybridized carbons (Fsp3) is 0.227. The van der Waals surface area contributed by atoms with Crippen molar-refractivity contribution in [2.45, 2.75) is 27.3 Å². The largest absolute Gasteiger partial charge is 0.462 e. The summed E-state index contributed by atoms with van der Waals surface area (Å²) in [6.45, 7) is 5.68. The third kappa shape index (κ3) is 3.96. The predicted octanol–water partition coefficient (Wildman–Crippen LogP) is 3.43. The third-order valence-electron chi connectivity index (χ3n) is 4.50. The zero-order valence-corrected chi connectivity index (χ0v) is 16.1. The Kier molecular flexibility index (Phi) is 5.59. The van der Waals surface area contributed by atoms with Crippen molar-refractivity contribution in [2.75, 3.05) is 11.9 Å². The van der Waals surface area contributed by atoms with Crippen molar-refractivity contribution in [1.82, 2.24) is 4.57 Å². The molecule has 1 amide bonds. The number of para-hydroxylation sites is 1. The number of benzene rings is 2. The number of hydrogen-bond donors (Lipinski definition) is 1. The molecule has 0 saturated heterocycles. The minimum atomic E-state index is -0.449. The zero-order valence-electron chi connectivity index (χ0n) is 16.1. The van der Waals surface area contributed by atoms with Crippen LogP contribution >= 0.6 is 0 Å². The smallest absolute Gasteiger partial charge is 0.338 e. The molecule has 0 radical (unpaired) electrons. The highest BCUT2D eigenvalue weighted by molar-refractivity contribution is 5.95. The molecule has 28 heavy (non-hydrogen) atoms. The number of amides is 1. The van der Waals surface area contributed by atoms with Gasteiger partial charge in [-0.15, -0.1) is 0 Å². The van der Waals surface area contributed by atoms with E-state index in [9.17, 15) is 14.4 Å². The van der Waals surface area contributed by atoms with Gasteiger partial charge in [0.1, 0.15) is 6.54 Å². The van der Waals surface area contributed by atoms with E-state index in [4.69, 9.17) is 4.74 Å². The van der Waals surface area contributed by atoms with E-state index in [1.54, 1.807) is 31.2 Å². The van der Waals surface area contributed by atoms with Crippen molar-refractivity contribution in [3.05, 3.63) is 75.6 Å². The van der Waals surface area contributed by atoms with Crippen LogP contribution in [0, 0.1) is 13.8 Å². The van der Waals surface area contributed by atoms with Gasteiger partial charge in [-0.05, 0) is 50.1 Å². The number of esters is 1. The molecular weight excluding hydrogens is 356 g/mol. The molecular formula is C22H22N2O4. The SMILES string of the molecule is CCOC(=O)c1cccc(NC(=O)Cn2c(=O)cc(C)c3cccc(C)c32)c1. The normalized spacial score (nSPS) is 10.7. The molecule has 0 fully saturated rings. The summed E-state index contributed by atoms with van der Waals surface area (Å²) in [7, 11) is 0. The number of nitrogens with zero attached hydrogens (tertiary/aromatic N) is 1. The van der Waals surface area contributed by atoms with Crippen molar-refractivity contribution in [3.63, 3.8) is 0 Å². The van der Waals surface area contributed by atoms with Gasteiger partial charge in [-0.1, -0.05) is 24.3 Å². The molecule has 0 saturated carbocycles. The standard InChI is InChI=1S/C22H22N2O4/c1-4-28-22(27)16-8-6-9-17(12-16)23-19(25)13-24-20(26)11-15(3)18-10-5-7-14(2)21(18)24/h5-12H,4,13H2,1-3H3,(H,23,25). The molecule has 0 aliphatic carbocycles. The molecule has 2 aromatic carbocycles. The van der Waals surface area contributed by atoms with Crippen LogP contribution < -0.4 is 10.9 Å². The molecule has 0 bridgehead atoms. The highest BCUT2D eigenvalue weighted by Crippen LogP contribution is 2.20. The Balaban J connectivity index is 1.88. The number of carbonyl (C=O) groups excluding carboxylic acids is 2. The number of aryl methyl sites for hydroxylation is 2. The van der Waals surface area contributed by atoms with Crippen LogP contribution in [0.25, 0.3) is 10.9 Å². The number of rotatable bonds is 5. The number of pyridine rings is 1. The van der Waals surface area contributed by atoms with E-state index in [-0.39, 0.29) is 24.6 Å². The Morgan fingerprint density at radius 3 is 2.54 bits per heavy atom. The monoisotopic (exact) mass is 378 g/mol. The molecule has 144 valence electrons. The number of nitrogens with one attached hydrogen (secondary N) is 1. The maximum Gasteiger partial charge on any atom is 0.338 e. The first-order valence-electron chi connectivity index (χ1n) is 9.07. The van der Waals surface area contributed by atoms with E-state index in [2.05, 4.69) is 5.32 Å². The highest BCUT2D eigenvalue weighted by atomic mass is 16.5. The number of carbonyl (C=O) groups is 2.